The molecule has 0 bridgehead atoms. The Hall–Kier alpha value is -1.90. The van der Waals surface area contributed by atoms with Gasteiger partial charge in [0.05, 0.1) is 37.6 Å². The van der Waals surface area contributed by atoms with Crippen molar-refractivity contribution >= 4 is 21.9 Å². The van der Waals surface area contributed by atoms with Gasteiger partial charge in [-0.1, -0.05) is 0 Å². The van der Waals surface area contributed by atoms with Gasteiger partial charge >= 0.3 is 5.88 Å². The maximum absolute atomic E-state index is 12.2. The van der Waals surface area contributed by atoms with Crippen molar-refractivity contribution in [3.63, 3.8) is 0 Å². The lowest BCUT2D eigenvalue weighted by atomic mass is 10.4. The average molecular weight is 295 g/mol. The minimum Gasteiger partial charge on any atom is -0.400 e. The van der Waals surface area contributed by atoms with Crippen molar-refractivity contribution in [2.24, 2.45) is 5.10 Å². The summed E-state index contributed by atoms with van der Waals surface area (Å²) in [5.74, 6) is -0.944. The van der Waals surface area contributed by atoms with Crippen LogP contribution in [0.5, 0.6) is 0 Å². The van der Waals surface area contributed by atoms with Crippen molar-refractivity contribution in [1.29, 1.82) is 0 Å². The Kier molecular flexibility index (Phi) is 1.71. The monoisotopic (exact) mass is 295 g/mol. The van der Waals surface area contributed by atoms with Gasteiger partial charge < -0.3 is 4.42 Å². The van der Waals surface area contributed by atoms with Gasteiger partial charge in [-0.05, 0) is 12.9 Å². The van der Waals surface area contributed by atoms with E-state index in [1.165, 1.54) is 0 Å². The van der Waals surface area contributed by atoms with Gasteiger partial charge in [-0.15, -0.1) is 0 Å². The Bertz CT molecular complexity index is 895. The van der Waals surface area contributed by atoms with Gasteiger partial charge in [0.15, 0.2) is 15.6 Å². The summed E-state index contributed by atoms with van der Waals surface area (Å²) in [5.41, 5.74) is -7.11. The van der Waals surface area contributed by atoms with E-state index >= 15 is 0 Å². The van der Waals surface area contributed by atoms with Crippen molar-refractivity contribution in [2.75, 3.05) is 18.0 Å². The lowest BCUT2D eigenvalue weighted by Gasteiger charge is -2.30. The van der Waals surface area contributed by atoms with E-state index in [4.69, 9.17) is 15.4 Å². The number of nitrogens with zero attached hydrogens (tertiary/aromatic N) is 3. The second-order valence-electron chi connectivity index (χ2n) is 3.33. The molecule has 104 valence electrons. The number of hydrogen-bond donors (Lipinski definition) is 0. The van der Waals surface area contributed by atoms with Gasteiger partial charge in [-0.3, -0.25) is 15.1 Å². The molecule has 19 heavy (non-hydrogen) atoms. The van der Waals surface area contributed by atoms with Gasteiger partial charge in [-0.2, -0.15) is 5.10 Å². The smallest absolute Gasteiger partial charge is 0.400 e. The van der Waals surface area contributed by atoms with Gasteiger partial charge in [0, 0.05) is 9.60 Å². The Balaban J connectivity index is 2.58. The van der Waals surface area contributed by atoms with E-state index in [9.17, 15) is 18.5 Å². The third kappa shape index (κ3) is 3.31. The summed E-state index contributed by atoms with van der Waals surface area (Å²) in [6.07, 6.45) is 0.701. The zero-order valence-electron chi connectivity index (χ0n) is 17.2. The molecule has 0 amide bonds. The maximum atomic E-state index is 12.2. The summed E-state index contributed by atoms with van der Waals surface area (Å²) < 4.78 is 90.3. The van der Waals surface area contributed by atoms with Gasteiger partial charge in [0.2, 0.25) is 0 Å². The Morgan fingerprint density at radius 1 is 1.79 bits per heavy atom. The van der Waals surface area contributed by atoms with Crippen LogP contribution in [0.2, 0.25) is 0 Å². The van der Waals surface area contributed by atoms with Crippen molar-refractivity contribution in [3.05, 3.63) is 28.0 Å². The summed E-state index contributed by atoms with van der Waals surface area (Å²) in [5, 5.41) is 14.2. The average Bonchev–Trinajstić information content (AvgIpc) is 2.97. The molecule has 1 aromatic rings. The van der Waals surface area contributed by atoms with Gasteiger partial charge in [-0.25, -0.2) is 8.42 Å². The lowest BCUT2D eigenvalue weighted by molar-refractivity contribution is -0.402. The Labute approximate surface area is 121 Å². The highest BCUT2D eigenvalue weighted by Crippen LogP contribution is 2.15. The first-order valence-electron chi connectivity index (χ1n) is 8.79. The second kappa shape index (κ2) is 5.00. The predicted molar refractivity (Wildman–Crippen MR) is 67.8 cm³/mol. The molecule has 0 saturated carbocycles. The zero-order chi connectivity index (χ0) is 21.1. The van der Waals surface area contributed by atoms with Gasteiger partial charge in [0.25, 0.3) is 0 Å². The minimum absolute atomic E-state index is 0.148. The van der Waals surface area contributed by atoms with E-state index in [0.717, 1.165) is 12.1 Å². The molecule has 0 N–H and O–H groups in total. The molecule has 8 nitrogen and oxygen atoms in total. The van der Waals surface area contributed by atoms with Crippen LogP contribution in [0.15, 0.2) is 21.7 Å². The van der Waals surface area contributed by atoms with Crippen LogP contribution in [-0.4, -0.2) is 48.5 Å². The molecule has 0 spiro atoms. The fourth-order valence-corrected chi connectivity index (χ4v) is 1.90. The van der Waals surface area contributed by atoms with E-state index in [1.54, 1.807) is 0 Å². The molecule has 1 aromatic heterocycles. The van der Waals surface area contributed by atoms with Gasteiger partial charge in [0.1, 0.15) is 4.92 Å². The van der Waals surface area contributed by atoms with Crippen molar-refractivity contribution in [1.82, 2.24) is 5.01 Å². The zero-order valence-corrected chi connectivity index (χ0v) is 10.0. The summed E-state index contributed by atoms with van der Waals surface area (Å²) in [7, 11) is -5.36. The quantitative estimate of drug-likeness (QED) is 0.460. The molecule has 2 rings (SSSR count). The SMILES string of the molecule is [2H]C([2H])([2H])C1([2H])N(/N=C/c2ccc([N+](=O)[O-])o2)CC([2H])([2H])S(=O)(=O)C1([2H])[2H]. The molecule has 0 radical (unpaired) electrons. The number of sulfone groups is 1. The van der Waals surface area contributed by atoms with Crippen LogP contribution < -0.4 is 0 Å². The molecule has 1 atom stereocenters. The highest BCUT2D eigenvalue weighted by Gasteiger charge is 2.27. The molecule has 1 aliphatic rings. The largest absolute Gasteiger partial charge is 0.433 e. The predicted octanol–water partition coefficient (Wildman–Crippen LogP) is 0.641. The Morgan fingerprint density at radius 3 is 3.21 bits per heavy atom. The van der Waals surface area contributed by atoms with E-state index in [-0.39, 0.29) is 10.8 Å². The summed E-state index contributed by atoms with van der Waals surface area (Å²) in [4.78, 5) is 9.72. The molecular weight excluding hydrogens is 274 g/mol. The number of nitro groups is 1. The van der Waals surface area contributed by atoms with E-state index in [1.807, 2.05) is 0 Å². The third-order valence-corrected chi connectivity index (χ3v) is 2.98. The molecule has 1 saturated heterocycles. The minimum atomic E-state index is -5.36. The van der Waals surface area contributed by atoms with Crippen molar-refractivity contribution in [2.45, 2.75) is 12.9 Å². The van der Waals surface area contributed by atoms with E-state index in [2.05, 4.69) is 5.10 Å². The summed E-state index contributed by atoms with van der Waals surface area (Å²) >= 11 is 0. The number of hydrogen-bond acceptors (Lipinski definition) is 7. The van der Waals surface area contributed by atoms with Crippen LogP contribution in [-0.2, 0) is 9.84 Å². The maximum Gasteiger partial charge on any atom is 0.433 e. The first kappa shape index (κ1) is 6.51. The van der Waals surface area contributed by atoms with Crippen LogP contribution in [0.3, 0.4) is 0 Å². The molecule has 0 aliphatic carbocycles. The summed E-state index contributed by atoms with van der Waals surface area (Å²) in [6.45, 7) is -4.80. The molecule has 9 heteroatoms. The number of rotatable bonds is 3. The Morgan fingerprint density at radius 2 is 2.58 bits per heavy atom. The van der Waals surface area contributed by atoms with E-state index in [0.29, 0.717) is 6.21 Å². The first-order chi connectivity index (χ1) is 12.0. The standard InChI is InChI=1S/C10H13N3O5S/c1-8-7-19(16,17)5-4-12(8)11-6-9-2-3-10(18-9)13(14)15/h2-3,6,8H,4-5,7H2,1H3/b11-6+/i1D3,5D2,7D2,8D. The molecule has 1 unspecified atom stereocenters. The first-order valence-corrected chi connectivity index (χ1v) is 6.27. The fourth-order valence-electron chi connectivity index (χ4n) is 1.18. The highest BCUT2D eigenvalue weighted by atomic mass is 32.2. The highest BCUT2D eigenvalue weighted by molar-refractivity contribution is 7.91. The van der Waals surface area contributed by atoms with Crippen LogP contribution in [0.1, 0.15) is 23.6 Å². The topological polar surface area (TPSA) is 106 Å². The van der Waals surface area contributed by atoms with Crippen LogP contribution in [0.4, 0.5) is 5.88 Å². The second-order valence-corrected chi connectivity index (χ2v) is 4.83. The normalized spacial score (nSPS) is 38.8. The molecule has 1 aliphatic heterocycles. The van der Waals surface area contributed by atoms with Crippen molar-refractivity contribution in [3.8, 4) is 0 Å². The van der Waals surface area contributed by atoms with Crippen molar-refractivity contribution < 1.29 is 28.7 Å². The molecule has 2 heterocycles. The number of hydrazone groups is 1. The fraction of sp³-hybridized carbons (Fsp3) is 0.500. The van der Waals surface area contributed by atoms with Crippen LogP contribution in [0, 0.1) is 10.1 Å². The number of furan rings is 1. The van der Waals surface area contributed by atoms with Crippen LogP contribution >= 0.6 is 0 Å². The third-order valence-electron chi connectivity index (χ3n) is 2.01. The molecule has 1 fully saturated rings. The molecule has 0 aromatic carbocycles. The molecular formula is C10H13N3O5S. The summed E-state index contributed by atoms with van der Waals surface area (Å²) in [6, 6.07) is -1.45. The lowest BCUT2D eigenvalue weighted by Crippen LogP contribution is -2.43. The van der Waals surface area contributed by atoms with E-state index < -0.39 is 51.5 Å². The van der Waals surface area contributed by atoms with Crippen LogP contribution in [0.25, 0.3) is 0 Å².